The number of rotatable bonds is 3. The third-order valence-corrected chi connectivity index (χ3v) is 3.69. The molecule has 2 aromatic rings. The van der Waals surface area contributed by atoms with E-state index in [0.717, 1.165) is 12.8 Å². The Balaban J connectivity index is 2.04. The maximum Gasteiger partial charge on any atom is 0.340 e. The zero-order chi connectivity index (χ0) is 15.1. The van der Waals surface area contributed by atoms with Crippen molar-refractivity contribution in [2.75, 3.05) is 0 Å². The Bertz CT molecular complexity index is 789. The molecule has 0 radical (unpaired) electrons. The van der Waals surface area contributed by atoms with Crippen molar-refractivity contribution in [1.29, 1.82) is 0 Å². The Labute approximate surface area is 120 Å². The molecule has 1 aliphatic carbocycles. The van der Waals surface area contributed by atoms with E-state index in [0.29, 0.717) is 10.9 Å². The first-order valence-electron chi connectivity index (χ1n) is 6.74. The first kappa shape index (κ1) is 13.5. The molecule has 1 heterocycles. The van der Waals surface area contributed by atoms with Gasteiger partial charge in [0.1, 0.15) is 0 Å². The van der Waals surface area contributed by atoms with E-state index in [9.17, 15) is 19.8 Å². The standard InChI is InChI=1S/C15H15NO5/c1-7-9-4-5-11(17)13(19)14(9)21-15(20)10(7)6-12(18)16-8-2-3-8/h4-5,8,17,19H,2-3,6H2,1H3,(H,16,18). The van der Waals surface area contributed by atoms with Crippen LogP contribution in [-0.4, -0.2) is 22.2 Å². The largest absolute Gasteiger partial charge is 0.504 e. The number of carbonyl (C=O) groups excluding carboxylic acids is 1. The molecule has 6 nitrogen and oxygen atoms in total. The highest BCUT2D eigenvalue weighted by molar-refractivity contribution is 5.89. The fourth-order valence-corrected chi connectivity index (χ4v) is 2.30. The van der Waals surface area contributed by atoms with Crippen LogP contribution in [0.25, 0.3) is 11.0 Å². The summed E-state index contributed by atoms with van der Waals surface area (Å²) in [7, 11) is 0. The van der Waals surface area contributed by atoms with E-state index >= 15 is 0 Å². The van der Waals surface area contributed by atoms with Crippen LogP contribution in [0.4, 0.5) is 0 Å². The van der Waals surface area contributed by atoms with Crippen LogP contribution in [0, 0.1) is 6.92 Å². The molecule has 1 aromatic heterocycles. The predicted molar refractivity (Wildman–Crippen MR) is 75.4 cm³/mol. The number of phenols is 2. The number of amides is 1. The van der Waals surface area contributed by atoms with Crippen molar-refractivity contribution in [2.24, 2.45) is 0 Å². The first-order chi connectivity index (χ1) is 9.97. The van der Waals surface area contributed by atoms with Gasteiger partial charge in [-0.1, -0.05) is 0 Å². The van der Waals surface area contributed by atoms with Gasteiger partial charge in [-0.2, -0.15) is 0 Å². The molecule has 110 valence electrons. The number of nitrogens with one attached hydrogen (secondary N) is 1. The quantitative estimate of drug-likeness (QED) is 0.585. The third-order valence-electron chi connectivity index (χ3n) is 3.69. The van der Waals surface area contributed by atoms with Crippen LogP contribution < -0.4 is 10.9 Å². The third kappa shape index (κ3) is 2.44. The number of phenolic OH excluding ortho intramolecular Hbond substituents is 2. The number of carbonyl (C=O) groups is 1. The lowest BCUT2D eigenvalue weighted by Gasteiger charge is -2.09. The zero-order valence-electron chi connectivity index (χ0n) is 11.5. The highest BCUT2D eigenvalue weighted by atomic mass is 16.4. The number of benzene rings is 1. The lowest BCUT2D eigenvalue weighted by molar-refractivity contribution is -0.120. The van der Waals surface area contributed by atoms with Gasteiger partial charge in [-0.05, 0) is 37.5 Å². The van der Waals surface area contributed by atoms with E-state index < -0.39 is 11.4 Å². The molecule has 3 rings (SSSR count). The average molecular weight is 289 g/mol. The Morgan fingerprint density at radius 2 is 2.10 bits per heavy atom. The Kier molecular flexibility index (Phi) is 3.08. The monoisotopic (exact) mass is 289 g/mol. The highest BCUT2D eigenvalue weighted by Crippen LogP contribution is 2.34. The summed E-state index contributed by atoms with van der Waals surface area (Å²) < 4.78 is 5.06. The van der Waals surface area contributed by atoms with Gasteiger partial charge in [0, 0.05) is 11.4 Å². The fourth-order valence-electron chi connectivity index (χ4n) is 2.30. The normalized spacial score (nSPS) is 14.3. The molecule has 1 aliphatic rings. The number of aromatic hydroxyl groups is 2. The minimum absolute atomic E-state index is 0.0533. The van der Waals surface area contributed by atoms with Gasteiger partial charge in [-0.15, -0.1) is 0 Å². The minimum Gasteiger partial charge on any atom is -0.504 e. The van der Waals surface area contributed by atoms with E-state index in [-0.39, 0.29) is 35.3 Å². The highest BCUT2D eigenvalue weighted by Gasteiger charge is 2.24. The van der Waals surface area contributed by atoms with Gasteiger partial charge in [0.15, 0.2) is 11.3 Å². The molecular weight excluding hydrogens is 274 g/mol. The first-order valence-corrected chi connectivity index (χ1v) is 6.74. The molecule has 1 saturated carbocycles. The van der Waals surface area contributed by atoms with Gasteiger partial charge in [-0.25, -0.2) is 4.79 Å². The van der Waals surface area contributed by atoms with Gasteiger partial charge in [0.25, 0.3) is 0 Å². The van der Waals surface area contributed by atoms with Crippen molar-refractivity contribution >= 4 is 16.9 Å². The summed E-state index contributed by atoms with van der Waals surface area (Å²) in [5, 5.41) is 22.5. The van der Waals surface area contributed by atoms with E-state index in [1.807, 2.05) is 0 Å². The number of hydrogen-bond donors (Lipinski definition) is 3. The molecule has 0 atom stereocenters. The molecule has 0 unspecified atom stereocenters. The van der Waals surface area contributed by atoms with Gasteiger partial charge in [0.05, 0.1) is 12.0 Å². The van der Waals surface area contributed by atoms with Crippen LogP contribution in [-0.2, 0) is 11.2 Å². The Morgan fingerprint density at radius 3 is 2.76 bits per heavy atom. The maximum absolute atomic E-state index is 12.0. The summed E-state index contributed by atoms with van der Waals surface area (Å²) >= 11 is 0. The van der Waals surface area contributed by atoms with Gasteiger partial charge in [0.2, 0.25) is 11.7 Å². The Hall–Kier alpha value is -2.50. The van der Waals surface area contributed by atoms with Crippen molar-refractivity contribution in [1.82, 2.24) is 5.32 Å². The molecular formula is C15H15NO5. The molecule has 3 N–H and O–H groups in total. The minimum atomic E-state index is -0.674. The molecule has 6 heteroatoms. The summed E-state index contributed by atoms with van der Waals surface area (Å²) in [5.41, 5.74) is 0.101. The van der Waals surface area contributed by atoms with E-state index in [1.54, 1.807) is 13.0 Å². The van der Waals surface area contributed by atoms with Crippen LogP contribution in [0.1, 0.15) is 24.0 Å². The SMILES string of the molecule is Cc1c(CC(=O)NC2CC2)c(=O)oc2c(O)c(O)ccc12. The summed E-state index contributed by atoms with van der Waals surface area (Å²) in [5.74, 6) is -1.04. The fraction of sp³-hybridized carbons (Fsp3) is 0.333. The molecule has 0 bridgehead atoms. The Morgan fingerprint density at radius 1 is 1.38 bits per heavy atom. The van der Waals surface area contributed by atoms with E-state index in [2.05, 4.69) is 5.32 Å². The van der Waals surface area contributed by atoms with Crippen molar-refractivity contribution in [3.63, 3.8) is 0 Å². The van der Waals surface area contributed by atoms with Crippen LogP contribution >= 0.6 is 0 Å². The second-order valence-electron chi connectivity index (χ2n) is 5.32. The second kappa shape index (κ2) is 4.80. The summed E-state index contributed by atoms with van der Waals surface area (Å²) in [6.45, 7) is 1.69. The summed E-state index contributed by atoms with van der Waals surface area (Å²) in [6, 6.07) is 3.09. The zero-order valence-corrected chi connectivity index (χ0v) is 11.5. The van der Waals surface area contributed by atoms with Gasteiger partial charge < -0.3 is 19.9 Å². The molecule has 0 aliphatic heterocycles. The summed E-state index contributed by atoms with van der Waals surface area (Å²) in [4.78, 5) is 23.9. The maximum atomic E-state index is 12.0. The van der Waals surface area contributed by atoms with Crippen LogP contribution in [0.2, 0.25) is 0 Å². The lowest BCUT2D eigenvalue weighted by Crippen LogP contribution is -2.29. The van der Waals surface area contributed by atoms with Crippen LogP contribution in [0.3, 0.4) is 0 Å². The number of aryl methyl sites for hydroxylation is 1. The number of fused-ring (bicyclic) bond motifs is 1. The molecule has 0 saturated heterocycles. The molecule has 21 heavy (non-hydrogen) atoms. The van der Waals surface area contributed by atoms with Gasteiger partial charge >= 0.3 is 5.63 Å². The topological polar surface area (TPSA) is 99.8 Å². The molecule has 1 aromatic carbocycles. The average Bonchev–Trinajstić information content (AvgIpc) is 3.23. The molecule has 1 amide bonds. The summed E-state index contributed by atoms with van der Waals surface area (Å²) in [6.07, 6.45) is 1.90. The predicted octanol–water partition coefficient (Wildman–Crippen LogP) is 1.33. The van der Waals surface area contributed by atoms with Crippen molar-refractivity contribution in [3.05, 3.63) is 33.7 Å². The smallest absolute Gasteiger partial charge is 0.340 e. The second-order valence-corrected chi connectivity index (χ2v) is 5.32. The van der Waals surface area contributed by atoms with Crippen LogP contribution in [0.5, 0.6) is 11.5 Å². The van der Waals surface area contributed by atoms with Crippen molar-refractivity contribution < 1.29 is 19.4 Å². The molecule has 0 spiro atoms. The lowest BCUT2D eigenvalue weighted by atomic mass is 10.0. The van der Waals surface area contributed by atoms with Crippen molar-refractivity contribution in [2.45, 2.75) is 32.2 Å². The van der Waals surface area contributed by atoms with E-state index in [1.165, 1.54) is 6.07 Å². The van der Waals surface area contributed by atoms with E-state index in [4.69, 9.17) is 4.42 Å². The van der Waals surface area contributed by atoms with Crippen molar-refractivity contribution in [3.8, 4) is 11.5 Å². The number of hydrogen-bond acceptors (Lipinski definition) is 5. The van der Waals surface area contributed by atoms with Gasteiger partial charge in [-0.3, -0.25) is 4.79 Å². The van der Waals surface area contributed by atoms with Crippen LogP contribution in [0.15, 0.2) is 21.3 Å². The molecule has 1 fully saturated rings.